The molecule has 1 N–H and O–H groups in total. The van der Waals surface area contributed by atoms with Gasteiger partial charge in [0.05, 0.1) is 12.8 Å². The molecule has 2 aromatic rings. The Balaban J connectivity index is 0.000000321. The highest BCUT2D eigenvalue weighted by atomic mass is 19.4. The molecule has 0 unspecified atom stereocenters. The number of nitrogens with zero attached hydrogens (tertiary/aromatic N) is 3. The van der Waals surface area contributed by atoms with Crippen molar-refractivity contribution in [1.29, 1.82) is 0 Å². The molecule has 1 amide bonds. The van der Waals surface area contributed by atoms with Gasteiger partial charge in [-0.1, -0.05) is 5.16 Å². The van der Waals surface area contributed by atoms with Crippen molar-refractivity contribution in [2.24, 2.45) is 0 Å². The fourth-order valence-electron chi connectivity index (χ4n) is 2.42. The van der Waals surface area contributed by atoms with E-state index in [9.17, 15) is 18.0 Å². The van der Waals surface area contributed by atoms with Gasteiger partial charge in [-0.2, -0.15) is 13.2 Å². The maximum Gasteiger partial charge on any atom is 0.490 e. The van der Waals surface area contributed by atoms with Crippen molar-refractivity contribution < 1.29 is 36.8 Å². The van der Waals surface area contributed by atoms with Gasteiger partial charge in [0.25, 0.3) is 5.91 Å². The predicted octanol–water partition coefficient (Wildman–Crippen LogP) is 2.16. The van der Waals surface area contributed by atoms with Gasteiger partial charge in [0.1, 0.15) is 11.5 Å². The molecular formula is C16H18F3N3O5. The third kappa shape index (κ3) is 5.33. The summed E-state index contributed by atoms with van der Waals surface area (Å²) < 4.78 is 42.3. The summed E-state index contributed by atoms with van der Waals surface area (Å²) in [5, 5.41) is 11.2. The molecule has 8 nitrogen and oxygen atoms in total. The monoisotopic (exact) mass is 389 g/mol. The summed E-state index contributed by atoms with van der Waals surface area (Å²) >= 11 is 0. The fourth-order valence-corrected chi connectivity index (χ4v) is 2.42. The van der Waals surface area contributed by atoms with Crippen molar-refractivity contribution in [2.45, 2.75) is 25.7 Å². The van der Waals surface area contributed by atoms with E-state index in [0.29, 0.717) is 31.8 Å². The smallest absolute Gasteiger partial charge is 0.475 e. The summed E-state index contributed by atoms with van der Waals surface area (Å²) in [5.41, 5.74) is 1.94. The van der Waals surface area contributed by atoms with Crippen LogP contribution in [0.5, 0.6) is 0 Å². The Morgan fingerprint density at radius 2 is 2.04 bits per heavy atom. The zero-order chi connectivity index (χ0) is 20.2. The Hall–Kier alpha value is -2.82. The number of hydrogen-bond acceptors (Lipinski definition) is 6. The number of furan rings is 1. The summed E-state index contributed by atoms with van der Waals surface area (Å²) in [6.07, 6.45) is -2.87. The number of carboxylic acid groups (broad SMARTS) is 1. The van der Waals surface area contributed by atoms with Crippen LogP contribution in [0.25, 0.3) is 0 Å². The molecule has 0 atom stereocenters. The van der Waals surface area contributed by atoms with E-state index >= 15 is 0 Å². The quantitative estimate of drug-likeness (QED) is 0.859. The molecule has 27 heavy (non-hydrogen) atoms. The van der Waals surface area contributed by atoms with E-state index in [4.69, 9.17) is 18.8 Å². The van der Waals surface area contributed by atoms with E-state index in [-0.39, 0.29) is 5.91 Å². The van der Waals surface area contributed by atoms with Gasteiger partial charge < -0.3 is 23.8 Å². The van der Waals surface area contributed by atoms with Crippen molar-refractivity contribution >= 4 is 11.9 Å². The van der Waals surface area contributed by atoms with Crippen LogP contribution in [0, 0.1) is 0 Å². The number of alkyl halides is 3. The molecule has 0 aromatic carbocycles. The second-order valence-electron chi connectivity index (χ2n) is 6.03. The van der Waals surface area contributed by atoms with Crippen LogP contribution in [0.15, 0.2) is 27.3 Å². The molecule has 0 bridgehead atoms. The molecule has 1 aliphatic rings. The van der Waals surface area contributed by atoms with Crippen LogP contribution in [0.3, 0.4) is 0 Å². The van der Waals surface area contributed by atoms with Gasteiger partial charge in [-0.15, -0.1) is 0 Å². The Kier molecular flexibility index (Phi) is 6.26. The number of carboxylic acids is 1. The molecule has 0 saturated heterocycles. The molecule has 2 aromatic heterocycles. The first-order valence-corrected chi connectivity index (χ1v) is 7.83. The standard InChI is InChI=1S/C14H17N3O3.C2HF3O2/c1-16(2)9-11-10-8-17(6-5-12(10)20-15-11)14(18)13-4-3-7-19-13;3-2(4,5)1(6)7/h3-4,7H,5-6,8-9H2,1-2H3;(H,6,7). The molecule has 0 fully saturated rings. The number of fused-ring (bicyclic) bond motifs is 1. The van der Waals surface area contributed by atoms with Crippen molar-refractivity contribution in [1.82, 2.24) is 15.0 Å². The maximum absolute atomic E-state index is 12.3. The number of aromatic nitrogens is 1. The van der Waals surface area contributed by atoms with Crippen LogP contribution in [0.1, 0.15) is 27.6 Å². The summed E-state index contributed by atoms with van der Waals surface area (Å²) in [6.45, 7) is 1.87. The van der Waals surface area contributed by atoms with Gasteiger partial charge in [0.15, 0.2) is 5.76 Å². The summed E-state index contributed by atoms with van der Waals surface area (Å²) in [5.74, 6) is -1.57. The summed E-state index contributed by atoms with van der Waals surface area (Å²) in [6, 6.07) is 3.41. The first-order chi connectivity index (χ1) is 12.6. The molecule has 1 aliphatic heterocycles. The van der Waals surface area contributed by atoms with E-state index < -0.39 is 12.1 Å². The predicted molar refractivity (Wildman–Crippen MR) is 84.7 cm³/mol. The molecule has 11 heteroatoms. The number of carbonyl (C=O) groups is 2. The fraction of sp³-hybridized carbons (Fsp3) is 0.438. The molecule has 0 radical (unpaired) electrons. The molecule has 3 rings (SSSR count). The minimum atomic E-state index is -5.08. The molecule has 0 saturated carbocycles. The second-order valence-corrected chi connectivity index (χ2v) is 6.03. The number of carbonyl (C=O) groups excluding carboxylic acids is 1. The molecule has 0 aliphatic carbocycles. The first kappa shape index (κ1) is 20.5. The molecule has 0 spiro atoms. The zero-order valence-electron chi connectivity index (χ0n) is 14.6. The number of hydrogen-bond donors (Lipinski definition) is 1. The largest absolute Gasteiger partial charge is 0.490 e. The third-order valence-corrected chi connectivity index (χ3v) is 3.64. The average Bonchev–Trinajstić information content (AvgIpc) is 3.23. The highest BCUT2D eigenvalue weighted by Crippen LogP contribution is 2.24. The second kappa shape index (κ2) is 8.25. The third-order valence-electron chi connectivity index (χ3n) is 3.64. The van der Waals surface area contributed by atoms with Crippen LogP contribution < -0.4 is 0 Å². The lowest BCUT2D eigenvalue weighted by Crippen LogP contribution is -2.35. The zero-order valence-corrected chi connectivity index (χ0v) is 14.6. The van der Waals surface area contributed by atoms with Crippen LogP contribution in [0.2, 0.25) is 0 Å². The van der Waals surface area contributed by atoms with Crippen LogP contribution >= 0.6 is 0 Å². The lowest BCUT2D eigenvalue weighted by atomic mass is 10.1. The average molecular weight is 389 g/mol. The van der Waals surface area contributed by atoms with Gasteiger partial charge in [-0.25, -0.2) is 4.79 Å². The van der Waals surface area contributed by atoms with E-state index in [0.717, 1.165) is 17.0 Å². The van der Waals surface area contributed by atoms with Gasteiger partial charge in [0, 0.05) is 25.1 Å². The van der Waals surface area contributed by atoms with E-state index in [1.54, 1.807) is 17.0 Å². The van der Waals surface area contributed by atoms with Gasteiger partial charge >= 0.3 is 12.1 Å². The normalized spacial score (nSPS) is 13.8. The highest BCUT2D eigenvalue weighted by Gasteiger charge is 2.38. The van der Waals surface area contributed by atoms with Gasteiger partial charge in [-0.3, -0.25) is 4.79 Å². The van der Waals surface area contributed by atoms with E-state index in [1.165, 1.54) is 6.26 Å². The van der Waals surface area contributed by atoms with E-state index in [1.807, 2.05) is 19.0 Å². The van der Waals surface area contributed by atoms with Crippen LogP contribution in [-0.2, 0) is 24.3 Å². The van der Waals surface area contributed by atoms with Gasteiger partial charge in [0.2, 0.25) is 0 Å². The SMILES string of the molecule is CN(C)Cc1noc2c1CN(C(=O)c1ccco1)CC2.O=C(O)C(F)(F)F. The van der Waals surface area contributed by atoms with Crippen LogP contribution in [0.4, 0.5) is 13.2 Å². The lowest BCUT2D eigenvalue weighted by molar-refractivity contribution is -0.192. The number of halogens is 3. The Bertz CT molecular complexity index is 784. The minimum absolute atomic E-state index is 0.0855. The van der Waals surface area contributed by atoms with Crippen molar-refractivity contribution in [2.75, 3.05) is 20.6 Å². The number of aliphatic carboxylic acids is 1. The van der Waals surface area contributed by atoms with Gasteiger partial charge in [-0.05, 0) is 26.2 Å². The highest BCUT2D eigenvalue weighted by molar-refractivity contribution is 5.91. The Labute approximate surface area is 152 Å². The van der Waals surface area contributed by atoms with Crippen molar-refractivity contribution in [3.63, 3.8) is 0 Å². The number of amides is 1. The van der Waals surface area contributed by atoms with E-state index in [2.05, 4.69) is 5.16 Å². The Morgan fingerprint density at radius 3 is 2.56 bits per heavy atom. The summed E-state index contributed by atoms with van der Waals surface area (Å²) in [7, 11) is 3.96. The van der Waals surface area contributed by atoms with Crippen molar-refractivity contribution in [3.8, 4) is 0 Å². The molecule has 148 valence electrons. The molecule has 3 heterocycles. The minimum Gasteiger partial charge on any atom is -0.475 e. The summed E-state index contributed by atoms with van der Waals surface area (Å²) in [4.78, 5) is 25.0. The lowest BCUT2D eigenvalue weighted by Gasteiger charge is -2.25. The Morgan fingerprint density at radius 1 is 1.37 bits per heavy atom. The topological polar surface area (TPSA) is 100 Å². The first-order valence-electron chi connectivity index (χ1n) is 7.83. The van der Waals surface area contributed by atoms with Crippen LogP contribution in [-0.4, -0.2) is 58.8 Å². The van der Waals surface area contributed by atoms with Crippen molar-refractivity contribution in [3.05, 3.63) is 41.2 Å². The number of rotatable bonds is 3. The maximum atomic E-state index is 12.3. The molecular weight excluding hydrogens is 371 g/mol.